The Morgan fingerprint density at radius 2 is 2.12 bits per heavy atom. The van der Waals surface area contributed by atoms with E-state index in [1.807, 2.05) is 13.8 Å². The second-order valence-electron chi connectivity index (χ2n) is 5.25. The van der Waals surface area contributed by atoms with E-state index in [0.717, 1.165) is 32.1 Å². The molecule has 0 bridgehead atoms. The van der Waals surface area contributed by atoms with Gasteiger partial charge in [-0.15, -0.1) is 0 Å². The van der Waals surface area contributed by atoms with Crippen LogP contribution in [-0.2, 0) is 4.79 Å². The van der Waals surface area contributed by atoms with Crippen LogP contribution in [0.3, 0.4) is 0 Å². The van der Waals surface area contributed by atoms with Crippen LogP contribution in [0.5, 0.6) is 0 Å². The van der Waals surface area contributed by atoms with Gasteiger partial charge in [0.05, 0.1) is 6.04 Å². The normalized spacial score (nSPS) is 28.5. The highest BCUT2D eigenvalue weighted by atomic mass is 16.3. The van der Waals surface area contributed by atoms with E-state index < -0.39 is 6.04 Å². The molecule has 4 N–H and O–H groups in total. The number of nitrogens with one attached hydrogen (secondary N) is 1. The topological polar surface area (TPSA) is 75.4 Å². The molecule has 3 unspecified atom stereocenters. The van der Waals surface area contributed by atoms with Crippen molar-refractivity contribution in [2.75, 3.05) is 6.61 Å². The summed E-state index contributed by atoms with van der Waals surface area (Å²) in [6, 6.07) is -0.322. The Balaban J connectivity index is 2.48. The summed E-state index contributed by atoms with van der Waals surface area (Å²) in [5.41, 5.74) is 5.90. The molecule has 1 saturated carbocycles. The quantitative estimate of drug-likeness (QED) is 0.674. The summed E-state index contributed by atoms with van der Waals surface area (Å²) in [7, 11) is 0. The van der Waals surface area contributed by atoms with E-state index in [-0.39, 0.29) is 30.4 Å². The minimum Gasteiger partial charge on any atom is -0.396 e. The molecule has 0 aromatic rings. The second kappa shape index (κ2) is 6.97. The minimum atomic E-state index is -0.429. The summed E-state index contributed by atoms with van der Waals surface area (Å²) in [6.07, 6.45) is 5.14. The van der Waals surface area contributed by atoms with Crippen molar-refractivity contribution in [3.63, 3.8) is 0 Å². The number of hydrogen-bond acceptors (Lipinski definition) is 3. The fourth-order valence-electron chi connectivity index (χ4n) is 2.41. The lowest BCUT2D eigenvalue weighted by Crippen LogP contribution is -2.51. The SMILES string of the molecule is CCC(C)[C@H](N)C(=O)NC1CCCCC1CO. The maximum Gasteiger partial charge on any atom is 0.237 e. The molecule has 4 nitrogen and oxygen atoms in total. The highest BCUT2D eigenvalue weighted by Gasteiger charge is 2.28. The zero-order valence-electron chi connectivity index (χ0n) is 11.0. The Labute approximate surface area is 104 Å². The highest BCUT2D eigenvalue weighted by molar-refractivity contribution is 5.82. The highest BCUT2D eigenvalue weighted by Crippen LogP contribution is 2.24. The van der Waals surface area contributed by atoms with Crippen LogP contribution in [0.25, 0.3) is 0 Å². The maximum atomic E-state index is 12.0. The molecule has 0 heterocycles. The van der Waals surface area contributed by atoms with Crippen LogP contribution in [0.2, 0.25) is 0 Å². The predicted octanol–water partition coefficient (Wildman–Crippen LogP) is 1.03. The number of rotatable bonds is 5. The van der Waals surface area contributed by atoms with Crippen LogP contribution < -0.4 is 11.1 Å². The van der Waals surface area contributed by atoms with Crippen molar-refractivity contribution in [2.24, 2.45) is 17.6 Å². The van der Waals surface area contributed by atoms with Gasteiger partial charge in [0.2, 0.25) is 5.91 Å². The smallest absolute Gasteiger partial charge is 0.237 e. The van der Waals surface area contributed by atoms with Gasteiger partial charge in [-0.2, -0.15) is 0 Å². The minimum absolute atomic E-state index is 0.0651. The van der Waals surface area contributed by atoms with Crippen molar-refractivity contribution < 1.29 is 9.90 Å². The third-order valence-corrected chi connectivity index (χ3v) is 4.03. The van der Waals surface area contributed by atoms with E-state index in [4.69, 9.17) is 5.73 Å². The Morgan fingerprint density at radius 1 is 1.47 bits per heavy atom. The Kier molecular flexibility index (Phi) is 5.92. The van der Waals surface area contributed by atoms with Crippen LogP contribution in [0.15, 0.2) is 0 Å². The van der Waals surface area contributed by atoms with Crippen LogP contribution in [0.1, 0.15) is 46.0 Å². The van der Waals surface area contributed by atoms with Gasteiger partial charge < -0.3 is 16.2 Å². The summed E-state index contributed by atoms with van der Waals surface area (Å²) in [5.74, 6) is 0.340. The summed E-state index contributed by atoms with van der Waals surface area (Å²) in [6.45, 7) is 4.19. The standard InChI is InChI=1S/C13H26N2O2/c1-3-9(2)12(14)13(17)15-11-7-5-4-6-10(11)8-16/h9-12,16H,3-8,14H2,1-2H3,(H,15,17)/t9?,10?,11?,12-/m0/s1. The number of amides is 1. The van der Waals surface area contributed by atoms with Crippen molar-refractivity contribution in [2.45, 2.75) is 58.0 Å². The molecule has 1 fully saturated rings. The average molecular weight is 242 g/mol. The molecule has 1 aliphatic carbocycles. The van der Waals surface area contributed by atoms with E-state index in [1.54, 1.807) is 0 Å². The molecule has 1 rings (SSSR count). The van der Waals surface area contributed by atoms with Gasteiger partial charge in [0.15, 0.2) is 0 Å². The molecule has 1 aliphatic rings. The number of aliphatic hydroxyl groups excluding tert-OH is 1. The van der Waals surface area contributed by atoms with Crippen LogP contribution >= 0.6 is 0 Å². The Hall–Kier alpha value is -0.610. The van der Waals surface area contributed by atoms with Crippen molar-refractivity contribution in [1.29, 1.82) is 0 Å². The van der Waals surface area contributed by atoms with Crippen LogP contribution in [-0.4, -0.2) is 29.7 Å². The molecule has 17 heavy (non-hydrogen) atoms. The molecule has 0 spiro atoms. The van der Waals surface area contributed by atoms with Gasteiger partial charge in [-0.3, -0.25) is 4.79 Å². The third kappa shape index (κ3) is 3.96. The van der Waals surface area contributed by atoms with E-state index >= 15 is 0 Å². The predicted molar refractivity (Wildman–Crippen MR) is 68.4 cm³/mol. The molecule has 0 radical (unpaired) electrons. The lowest BCUT2D eigenvalue weighted by molar-refractivity contribution is -0.124. The van der Waals surface area contributed by atoms with Crippen LogP contribution in [0.4, 0.5) is 0 Å². The largest absolute Gasteiger partial charge is 0.396 e. The molecular weight excluding hydrogens is 216 g/mol. The number of hydrogen-bond donors (Lipinski definition) is 3. The van der Waals surface area contributed by atoms with Crippen molar-refractivity contribution >= 4 is 5.91 Å². The van der Waals surface area contributed by atoms with Gasteiger partial charge in [0.25, 0.3) is 0 Å². The summed E-state index contributed by atoms with van der Waals surface area (Å²) >= 11 is 0. The first-order valence-corrected chi connectivity index (χ1v) is 6.77. The summed E-state index contributed by atoms with van der Waals surface area (Å²) in [5, 5.41) is 12.3. The molecule has 0 aromatic carbocycles. The zero-order valence-corrected chi connectivity index (χ0v) is 11.0. The number of carbonyl (C=O) groups excluding carboxylic acids is 1. The third-order valence-electron chi connectivity index (χ3n) is 4.03. The van der Waals surface area contributed by atoms with Crippen LogP contribution in [0, 0.1) is 11.8 Å². The Morgan fingerprint density at radius 3 is 2.71 bits per heavy atom. The molecular formula is C13H26N2O2. The number of carbonyl (C=O) groups is 1. The first kappa shape index (κ1) is 14.5. The Bertz CT molecular complexity index is 246. The zero-order chi connectivity index (χ0) is 12.8. The lowest BCUT2D eigenvalue weighted by atomic mass is 9.84. The van der Waals surface area contributed by atoms with Crippen molar-refractivity contribution in [3.8, 4) is 0 Å². The lowest BCUT2D eigenvalue weighted by Gasteiger charge is -2.32. The van der Waals surface area contributed by atoms with Crippen molar-refractivity contribution in [3.05, 3.63) is 0 Å². The molecule has 0 aliphatic heterocycles. The van der Waals surface area contributed by atoms with Gasteiger partial charge in [-0.05, 0) is 18.8 Å². The van der Waals surface area contributed by atoms with Gasteiger partial charge in [-0.25, -0.2) is 0 Å². The number of nitrogens with two attached hydrogens (primary N) is 1. The molecule has 0 aromatic heterocycles. The summed E-state index contributed by atoms with van der Waals surface area (Å²) in [4.78, 5) is 12.0. The van der Waals surface area contributed by atoms with E-state index in [1.165, 1.54) is 0 Å². The first-order valence-electron chi connectivity index (χ1n) is 6.77. The molecule has 4 heteroatoms. The van der Waals surface area contributed by atoms with Gasteiger partial charge in [-0.1, -0.05) is 33.1 Å². The molecule has 1 amide bonds. The van der Waals surface area contributed by atoms with E-state index in [2.05, 4.69) is 5.32 Å². The molecule has 0 saturated heterocycles. The van der Waals surface area contributed by atoms with Gasteiger partial charge in [0.1, 0.15) is 0 Å². The number of aliphatic hydroxyl groups is 1. The van der Waals surface area contributed by atoms with E-state index in [9.17, 15) is 9.90 Å². The van der Waals surface area contributed by atoms with Gasteiger partial charge in [0, 0.05) is 18.6 Å². The monoisotopic (exact) mass is 242 g/mol. The molecule has 100 valence electrons. The fraction of sp³-hybridized carbons (Fsp3) is 0.923. The second-order valence-corrected chi connectivity index (χ2v) is 5.25. The summed E-state index contributed by atoms with van der Waals surface area (Å²) < 4.78 is 0. The first-order chi connectivity index (χ1) is 8.10. The average Bonchev–Trinajstić information content (AvgIpc) is 2.37. The van der Waals surface area contributed by atoms with E-state index in [0.29, 0.717) is 0 Å². The van der Waals surface area contributed by atoms with Crippen molar-refractivity contribution in [1.82, 2.24) is 5.32 Å². The molecule has 4 atom stereocenters. The van der Waals surface area contributed by atoms with Gasteiger partial charge >= 0.3 is 0 Å². The fourth-order valence-corrected chi connectivity index (χ4v) is 2.41. The maximum absolute atomic E-state index is 12.0.